The van der Waals surface area contributed by atoms with Crippen molar-refractivity contribution in [3.05, 3.63) is 0 Å². The van der Waals surface area contributed by atoms with E-state index in [-0.39, 0.29) is 5.92 Å². The Morgan fingerprint density at radius 3 is 2.21 bits per heavy atom. The lowest BCUT2D eigenvalue weighted by Crippen LogP contribution is -2.38. The van der Waals surface area contributed by atoms with Crippen LogP contribution in [0.15, 0.2) is 0 Å². The van der Waals surface area contributed by atoms with Gasteiger partial charge in [-0.05, 0) is 32.9 Å². The summed E-state index contributed by atoms with van der Waals surface area (Å²) >= 11 is 0. The molecule has 14 heavy (non-hydrogen) atoms. The molecule has 4 heteroatoms. The van der Waals surface area contributed by atoms with E-state index in [4.69, 9.17) is 0 Å². The molecule has 0 N–H and O–H groups in total. The Kier molecular flexibility index (Phi) is 3.81. The average Bonchev–Trinajstić information content (AvgIpc) is 2.01. The Bertz CT molecular complexity index is 177. The molecule has 1 saturated carbocycles. The average molecular weight is 209 g/mol. The predicted molar refractivity (Wildman–Crippen MR) is 50.1 cm³/mol. The van der Waals surface area contributed by atoms with Crippen LogP contribution in [0, 0.1) is 11.8 Å². The van der Waals surface area contributed by atoms with Crippen molar-refractivity contribution < 1.29 is 13.2 Å². The van der Waals surface area contributed by atoms with Crippen molar-refractivity contribution in [2.24, 2.45) is 11.8 Å². The Hall–Kier alpha value is -0.250. The van der Waals surface area contributed by atoms with Gasteiger partial charge in [-0.1, -0.05) is 12.8 Å². The summed E-state index contributed by atoms with van der Waals surface area (Å²) in [5, 5.41) is 0. The first-order valence-corrected chi connectivity index (χ1v) is 5.12. The third-order valence-electron chi connectivity index (χ3n) is 2.93. The van der Waals surface area contributed by atoms with Gasteiger partial charge in [-0.3, -0.25) is 0 Å². The van der Waals surface area contributed by atoms with Gasteiger partial charge in [-0.15, -0.1) is 0 Å². The van der Waals surface area contributed by atoms with Gasteiger partial charge in [0.2, 0.25) is 0 Å². The predicted octanol–water partition coefficient (Wildman–Crippen LogP) is 2.92. The Morgan fingerprint density at radius 2 is 1.71 bits per heavy atom. The minimum atomic E-state index is -4.00. The van der Waals surface area contributed by atoms with Crippen molar-refractivity contribution in [1.29, 1.82) is 0 Å². The van der Waals surface area contributed by atoms with E-state index in [9.17, 15) is 13.2 Å². The molecule has 1 nitrogen and oxygen atoms in total. The molecule has 0 bridgehead atoms. The minimum absolute atomic E-state index is 0.196. The summed E-state index contributed by atoms with van der Waals surface area (Å²) in [6.07, 6.45) is -1.27. The van der Waals surface area contributed by atoms with Gasteiger partial charge in [0.25, 0.3) is 0 Å². The summed E-state index contributed by atoms with van der Waals surface area (Å²) in [5.74, 6) is -1.27. The highest BCUT2D eigenvalue weighted by Gasteiger charge is 2.45. The number of halogens is 3. The van der Waals surface area contributed by atoms with E-state index in [1.807, 2.05) is 19.0 Å². The molecule has 0 aliphatic heterocycles. The molecule has 1 fully saturated rings. The zero-order chi connectivity index (χ0) is 10.8. The van der Waals surface area contributed by atoms with Crippen LogP contribution in [0.2, 0.25) is 0 Å². The van der Waals surface area contributed by atoms with E-state index < -0.39 is 12.1 Å². The summed E-state index contributed by atoms with van der Waals surface area (Å²) in [5.41, 5.74) is 0. The molecule has 0 aromatic rings. The van der Waals surface area contributed by atoms with E-state index in [1.165, 1.54) is 0 Å². The smallest absolute Gasteiger partial charge is 0.309 e. The van der Waals surface area contributed by atoms with Gasteiger partial charge in [-0.2, -0.15) is 13.2 Å². The van der Waals surface area contributed by atoms with Crippen LogP contribution >= 0.6 is 0 Å². The molecule has 0 aromatic heterocycles. The van der Waals surface area contributed by atoms with Crippen LogP contribution in [0.3, 0.4) is 0 Å². The normalized spacial score (nSPS) is 29.6. The fourth-order valence-electron chi connectivity index (χ4n) is 2.33. The Labute approximate surface area is 83.3 Å². The van der Waals surface area contributed by atoms with E-state index in [0.717, 1.165) is 19.3 Å². The van der Waals surface area contributed by atoms with Crippen LogP contribution in [0.4, 0.5) is 13.2 Å². The van der Waals surface area contributed by atoms with Gasteiger partial charge in [0, 0.05) is 6.54 Å². The fourth-order valence-corrected chi connectivity index (χ4v) is 2.33. The van der Waals surface area contributed by atoms with Crippen molar-refractivity contribution in [3.8, 4) is 0 Å². The Balaban J connectivity index is 2.59. The monoisotopic (exact) mass is 209 g/mol. The van der Waals surface area contributed by atoms with Gasteiger partial charge in [0.05, 0.1) is 5.92 Å². The van der Waals surface area contributed by atoms with Crippen LogP contribution in [0.1, 0.15) is 25.7 Å². The highest BCUT2D eigenvalue weighted by Crippen LogP contribution is 2.41. The largest absolute Gasteiger partial charge is 0.392 e. The van der Waals surface area contributed by atoms with Crippen LogP contribution in [0.25, 0.3) is 0 Å². The summed E-state index contributed by atoms with van der Waals surface area (Å²) in [6.45, 7) is 0.560. The summed E-state index contributed by atoms with van der Waals surface area (Å²) in [4.78, 5) is 1.86. The number of rotatable bonds is 2. The van der Waals surface area contributed by atoms with Gasteiger partial charge in [-0.25, -0.2) is 0 Å². The summed E-state index contributed by atoms with van der Waals surface area (Å²) in [7, 11) is 3.67. The lowest BCUT2D eigenvalue weighted by molar-refractivity contribution is -0.197. The second kappa shape index (κ2) is 4.51. The molecule has 0 heterocycles. The molecule has 1 aliphatic rings. The number of alkyl halides is 3. The van der Waals surface area contributed by atoms with Crippen molar-refractivity contribution in [2.45, 2.75) is 31.9 Å². The van der Waals surface area contributed by atoms with Crippen molar-refractivity contribution in [2.75, 3.05) is 20.6 Å². The van der Waals surface area contributed by atoms with E-state index in [2.05, 4.69) is 0 Å². The number of hydrogen-bond donors (Lipinski definition) is 0. The second-order valence-electron chi connectivity index (χ2n) is 4.45. The molecule has 1 unspecified atom stereocenters. The molecule has 0 aromatic carbocycles. The molecule has 0 spiro atoms. The van der Waals surface area contributed by atoms with Gasteiger partial charge >= 0.3 is 6.18 Å². The molecule has 2 atom stereocenters. The van der Waals surface area contributed by atoms with E-state index >= 15 is 0 Å². The fraction of sp³-hybridized carbons (Fsp3) is 1.00. The molecule has 1 aliphatic carbocycles. The molecule has 0 amide bonds. The number of nitrogens with zero attached hydrogens (tertiary/aromatic N) is 1. The van der Waals surface area contributed by atoms with Crippen molar-refractivity contribution in [1.82, 2.24) is 4.90 Å². The van der Waals surface area contributed by atoms with Crippen molar-refractivity contribution in [3.63, 3.8) is 0 Å². The van der Waals surface area contributed by atoms with Crippen LogP contribution < -0.4 is 0 Å². The molecular formula is C10H18F3N. The first-order valence-electron chi connectivity index (χ1n) is 5.12. The van der Waals surface area contributed by atoms with E-state index in [1.54, 1.807) is 0 Å². The van der Waals surface area contributed by atoms with E-state index in [0.29, 0.717) is 13.0 Å². The zero-order valence-electron chi connectivity index (χ0n) is 8.77. The van der Waals surface area contributed by atoms with Crippen LogP contribution in [-0.2, 0) is 0 Å². The quantitative estimate of drug-likeness (QED) is 0.676. The van der Waals surface area contributed by atoms with Crippen LogP contribution in [0.5, 0.6) is 0 Å². The first kappa shape index (κ1) is 11.8. The molecular weight excluding hydrogens is 191 g/mol. The maximum Gasteiger partial charge on any atom is 0.392 e. The maximum atomic E-state index is 12.6. The van der Waals surface area contributed by atoms with Crippen molar-refractivity contribution >= 4 is 0 Å². The maximum absolute atomic E-state index is 12.6. The standard InChI is InChI=1S/C10H18F3N/c1-14(2)7-8-5-3-4-6-9(8)10(11,12)13/h8-9H,3-7H2,1-2H3/t8-,9?/m1/s1. The molecule has 84 valence electrons. The minimum Gasteiger partial charge on any atom is -0.309 e. The van der Waals surface area contributed by atoms with Gasteiger partial charge in [0.15, 0.2) is 0 Å². The number of hydrogen-bond acceptors (Lipinski definition) is 1. The van der Waals surface area contributed by atoms with Crippen LogP contribution in [-0.4, -0.2) is 31.7 Å². The second-order valence-corrected chi connectivity index (χ2v) is 4.45. The SMILES string of the molecule is CN(C)C[C@H]1CCCCC1C(F)(F)F. The lowest BCUT2D eigenvalue weighted by Gasteiger charge is -2.34. The topological polar surface area (TPSA) is 3.24 Å². The lowest BCUT2D eigenvalue weighted by atomic mass is 9.78. The highest BCUT2D eigenvalue weighted by molar-refractivity contribution is 4.81. The van der Waals surface area contributed by atoms with Gasteiger partial charge < -0.3 is 4.90 Å². The first-order chi connectivity index (χ1) is 6.41. The third-order valence-corrected chi connectivity index (χ3v) is 2.93. The Morgan fingerprint density at radius 1 is 1.14 bits per heavy atom. The van der Waals surface area contributed by atoms with Gasteiger partial charge in [0.1, 0.15) is 0 Å². The third kappa shape index (κ3) is 3.15. The molecule has 0 saturated heterocycles. The highest BCUT2D eigenvalue weighted by atomic mass is 19.4. The summed E-state index contributed by atoms with van der Waals surface area (Å²) in [6, 6.07) is 0. The summed E-state index contributed by atoms with van der Waals surface area (Å²) < 4.78 is 37.9. The molecule has 0 radical (unpaired) electrons. The zero-order valence-corrected chi connectivity index (χ0v) is 8.77. The molecule has 1 rings (SSSR count).